The second-order valence-electron chi connectivity index (χ2n) is 2.14. The second-order valence-corrected chi connectivity index (χ2v) is 2.79. The van der Waals surface area contributed by atoms with Crippen LogP contribution in [0.4, 0.5) is 0 Å². The Morgan fingerprint density at radius 3 is 2.44 bits per heavy atom. The molecule has 0 aliphatic heterocycles. The van der Waals surface area contributed by atoms with Gasteiger partial charge in [0.2, 0.25) is 0 Å². The highest BCUT2D eigenvalue weighted by molar-refractivity contribution is 9.09. The van der Waals surface area contributed by atoms with Gasteiger partial charge in [-0.05, 0) is 20.3 Å². The van der Waals surface area contributed by atoms with E-state index in [-0.39, 0.29) is 0 Å². The molecule has 0 fully saturated rings. The van der Waals surface area contributed by atoms with E-state index >= 15 is 0 Å². The van der Waals surface area contributed by atoms with Crippen LogP contribution in [0.3, 0.4) is 0 Å². The van der Waals surface area contributed by atoms with Gasteiger partial charge < -0.3 is 0 Å². The van der Waals surface area contributed by atoms with Gasteiger partial charge in [0.05, 0.1) is 0 Å². The second kappa shape index (κ2) is 6.09. The van der Waals surface area contributed by atoms with E-state index in [0.29, 0.717) is 0 Å². The summed E-state index contributed by atoms with van der Waals surface area (Å²) < 4.78 is 0. The fourth-order valence-corrected chi connectivity index (χ4v) is 0.727. The first-order chi connectivity index (χ1) is 4.27. The molecule has 0 radical (unpaired) electrons. The van der Waals surface area contributed by atoms with Gasteiger partial charge in [0, 0.05) is 5.33 Å². The van der Waals surface area contributed by atoms with Gasteiger partial charge in [-0.15, -0.1) is 0 Å². The van der Waals surface area contributed by atoms with Gasteiger partial charge in [0.15, 0.2) is 0 Å². The van der Waals surface area contributed by atoms with E-state index in [0.717, 1.165) is 11.8 Å². The van der Waals surface area contributed by atoms with Crippen molar-refractivity contribution in [3.8, 4) is 0 Å². The van der Waals surface area contributed by atoms with Crippen LogP contribution in [-0.2, 0) is 0 Å². The molecule has 0 aromatic carbocycles. The summed E-state index contributed by atoms with van der Waals surface area (Å²) in [5.74, 6) is 0. The zero-order valence-corrected chi connectivity index (χ0v) is 7.61. The molecule has 0 nitrogen and oxygen atoms in total. The van der Waals surface area contributed by atoms with Gasteiger partial charge in [0.25, 0.3) is 0 Å². The maximum absolute atomic E-state index is 3.31. The Labute approximate surface area is 65.8 Å². The molecule has 0 spiro atoms. The van der Waals surface area contributed by atoms with Gasteiger partial charge in [-0.25, -0.2) is 0 Å². The quantitative estimate of drug-likeness (QED) is 0.472. The third-order valence-corrected chi connectivity index (χ3v) is 1.29. The molecule has 1 heteroatoms. The van der Waals surface area contributed by atoms with E-state index in [1.807, 2.05) is 0 Å². The molecule has 0 saturated heterocycles. The summed E-state index contributed by atoms with van der Waals surface area (Å²) in [7, 11) is 0. The van der Waals surface area contributed by atoms with Crippen molar-refractivity contribution in [2.24, 2.45) is 0 Å². The lowest BCUT2D eigenvalue weighted by molar-refractivity contribution is 1.28. The number of allylic oxidation sites excluding steroid dienone is 4. The first kappa shape index (κ1) is 8.96. The summed E-state index contributed by atoms with van der Waals surface area (Å²) in [6.07, 6.45) is 7.54. The number of rotatable bonds is 3. The number of hydrogen-bond donors (Lipinski definition) is 0. The summed E-state index contributed by atoms with van der Waals surface area (Å²) in [5, 5.41) is 0.962. The van der Waals surface area contributed by atoms with Gasteiger partial charge in [-0.2, -0.15) is 0 Å². The zero-order valence-electron chi connectivity index (χ0n) is 6.02. The molecule has 0 atom stereocenters. The minimum absolute atomic E-state index is 0.962. The van der Waals surface area contributed by atoms with Crippen molar-refractivity contribution in [1.29, 1.82) is 0 Å². The summed E-state index contributed by atoms with van der Waals surface area (Å²) in [4.78, 5) is 0. The fourth-order valence-electron chi connectivity index (χ4n) is 0.463. The molecule has 0 N–H and O–H groups in total. The van der Waals surface area contributed by atoms with Gasteiger partial charge >= 0.3 is 0 Å². The van der Waals surface area contributed by atoms with Crippen LogP contribution in [0, 0.1) is 0 Å². The predicted molar refractivity (Wildman–Crippen MR) is 47.0 cm³/mol. The minimum atomic E-state index is 0.962. The maximum Gasteiger partial charge on any atom is 0.0212 e. The smallest absolute Gasteiger partial charge is 0.0212 e. The van der Waals surface area contributed by atoms with E-state index in [2.05, 4.69) is 48.0 Å². The Balaban J connectivity index is 3.29. The minimum Gasteiger partial charge on any atom is -0.0883 e. The van der Waals surface area contributed by atoms with Crippen molar-refractivity contribution < 1.29 is 0 Å². The molecular weight excluding hydrogens is 176 g/mol. The Hall–Kier alpha value is -0.0400. The standard InChI is InChI=1S/C8H13Br/c1-8(2)6-4-3-5-7-9/h3,5-6H,4,7H2,1-2H3/b5-3+. The third-order valence-electron chi connectivity index (χ3n) is 0.918. The van der Waals surface area contributed by atoms with E-state index in [4.69, 9.17) is 0 Å². The normalized spacial score (nSPS) is 10.1. The highest BCUT2D eigenvalue weighted by Gasteiger charge is 1.73. The van der Waals surface area contributed by atoms with Crippen LogP contribution in [0.25, 0.3) is 0 Å². The largest absolute Gasteiger partial charge is 0.0883 e. The summed E-state index contributed by atoms with van der Waals surface area (Å²) in [5.41, 5.74) is 1.38. The lowest BCUT2D eigenvalue weighted by Gasteiger charge is -1.84. The van der Waals surface area contributed by atoms with Crippen LogP contribution >= 0.6 is 15.9 Å². The van der Waals surface area contributed by atoms with Crippen LogP contribution in [-0.4, -0.2) is 5.33 Å². The topological polar surface area (TPSA) is 0 Å². The van der Waals surface area contributed by atoms with E-state index < -0.39 is 0 Å². The molecular formula is C8H13Br. The molecule has 0 aliphatic rings. The number of halogens is 1. The number of alkyl halides is 1. The highest BCUT2D eigenvalue weighted by atomic mass is 79.9. The maximum atomic E-state index is 3.31. The van der Waals surface area contributed by atoms with Crippen LogP contribution in [0.1, 0.15) is 20.3 Å². The first-order valence-corrected chi connectivity index (χ1v) is 4.24. The van der Waals surface area contributed by atoms with Crippen molar-refractivity contribution in [3.63, 3.8) is 0 Å². The predicted octanol–water partition coefficient (Wildman–Crippen LogP) is 3.29. The molecule has 0 rings (SSSR count). The lowest BCUT2D eigenvalue weighted by atomic mass is 10.2. The van der Waals surface area contributed by atoms with Crippen LogP contribution in [0.15, 0.2) is 23.8 Å². The molecule has 0 saturated carbocycles. The number of hydrogen-bond acceptors (Lipinski definition) is 0. The van der Waals surface area contributed by atoms with Gasteiger partial charge in [-0.3, -0.25) is 0 Å². The first-order valence-electron chi connectivity index (χ1n) is 3.11. The average Bonchev–Trinajstić information content (AvgIpc) is 1.80. The van der Waals surface area contributed by atoms with Crippen molar-refractivity contribution in [2.75, 3.05) is 5.33 Å². The van der Waals surface area contributed by atoms with Crippen LogP contribution < -0.4 is 0 Å². The fraction of sp³-hybridized carbons (Fsp3) is 0.500. The van der Waals surface area contributed by atoms with Crippen molar-refractivity contribution in [1.82, 2.24) is 0 Å². The molecule has 0 bridgehead atoms. The molecule has 0 heterocycles. The lowest BCUT2D eigenvalue weighted by Crippen LogP contribution is -1.64. The molecule has 9 heavy (non-hydrogen) atoms. The highest BCUT2D eigenvalue weighted by Crippen LogP contribution is 1.94. The summed E-state index contributed by atoms with van der Waals surface area (Å²) in [6, 6.07) is 0. The van der Waals surface area contributed by atoms with Gasteiger partial charge in [0.1, 0.15) is 0 Å². The molecule has 0 aromatic heterocycles. The molecule has 0 amide bonds. The Bertz CT molecular complexity index is 108. The molecule has 0 aromatic rings. The SMILES string of the molecule is CC(C)=CC/C=C/CBr. The van der Waals surface area contributed by atoms with Crippen LogP contribution in [0.5, 0.6) is 0 Å². The van der Waals surface area contributed by atoms with E-state index in [1.54, 1.807) is 0 Å². The van der Waals surface area contributed by atoms with Crippen molar-refractivity contribution in [3.05, 3.63) is 23.8 Å². The Morgan fingerprint density at radius 1 is 1.33 bits per heavy atom. The van der Waals surface area contributed by atoms with Crippen LogP contribution in [0.2, 0.25) is 0 Å². The zero-order chi connectivity index (χ0) is 7.11. The van der Waals surface area contributed by atoms with Gasteiger partial charge in [-0.1, -0.05) is 39.7 Å². The molecule has 0 aliphatic carbocycles. The van der Waals surface area contributed by atoms with E-state index in [1.165, 1.54) is 5.57 Å². The molecule has 52 valence electrons. The van der Waals surface area contributed by atoms with Crippen molar-refractivity contribution in [2.45, 2.75) is 20.3 Å². The average molecular weight is 189 g/mol. The van der Waals surface area contributed by atoms with E-state index in [9.17, 15) is 0 Å². The third kappa shape index (κ3) is 7.96. The molecule has 0 unspecified atom stereocenters. The monoisotopic (exact) mass is 188 g/mol. The van der Waals surface area contributed by atoms with Crippen molar-refractivity contribution >= 4 is 15.9 Å². The summed E-state index contributed by atoms with van der Waals surface area (Å²) >= 11 is 3.31. The summed E-state index contributed by atoms with van der Waals surface area (Å²) in [6.45, 7) is 4.23. The Morgan fingerprint density at radius 2 is 2.00 bits per heavy atom. The Kier molecular flexibility index (Phi) is 6.06.